The van der Waals surface area contributed by atoms with E-state index in [0.29, 0.717) is 43.0 Å². The summed E-state index contributed by atoms with van der Waals surface area (Å²) < 4.78 is 15.5. The van der Waals surface area contributed by atoms with Gasteiger partial charge in [-0.15, -0.1) is 0 Å². The maximum absolute atomic E-state index is 12.7. The molecule has 0 N–H and O–H groups in total. The number of piperidine rings is 1. The van der Waals surface area contributed by atoms with Crippen molar-refractivity contribution < 1.29 is 28.3 Å². The van der Waals surface area contributed by atoms with Gasteiger partial charge < -0.3 is 18.8 Å². The molecule has 3 rings (SSSR count). The Morgan fingerprint density at radius 2 is 1.96 bits per heavy atom. The summed E-state index contributed by atoms with van der Waals surface area (Å²) in [5, 5.41) is 0. The van der Waals surface area contributed by atoms with Crippen molar-refractivity contribution >= 4 is 18.0 Å². The average Bonchev–Trinajstić information content (AvgIpc) is 3.16. The lowest BCUT2D eigenvalue weighted by Gasteiger charge is -2.37. The number of hydrogen-bond acceptors (Lipinski definition) is 6. The Bertz CT molecular complexity index is 705. The zero-order chi connectivity index (χ0) is 18.8. The zero-order valence-corrected chi connectivity index (χ0v) is 15.3. The molecule has 0 aromatic carbocycles. The van der Waals surface area contributed by atoms with Crippen LogP contribution in [0.4, 0.5) is 4.79 Å². The molecule has 1 unspecified atom stereocenters. The van der Waals surface area contributed by atoms with E-state index < -0.39 is 18.1 Å². The SMILES string of the molecule is CCOC(=O)C1COC(=O)N1C1CCN(C(=O)c2cc(C)oc2C)CC1. The maximum Gasteiger partial charge on any atom is 0.410 e. The Labute approximate surface area is 152 Å². The second-order valence-corrected chi connectivity index (χ2v) is 6.60. The van der Waals surface area contributed by atoms with Crippen LogP contribution < -0.4 is 0 Å². The van der Waals surface area contributed by atoms with E-state index in [0.717, 1.165) is 0 Å². The van der Waals surface area contributed by atoms with E-state index in [9.17, 15) is 14.4 Å². The summed E-state index contributed by atoms with van der Waals surface area (Å²) in [5.41, 5.74) is 0.575. The summed E-state index contributed by atoms with van der Waals surface area (Å²) in [7, 11) is 0. The molecule has 26 heavy (non-hydrogen) atoms. The number of nitrogens with zero attached hydrogens (tertiary/aromatic N) is 2. The summed E-state index contributed by atoms with van der Waals surface area (Å²) in [4.78, 5) is 40.1. The maximum atomic E-state index is 12.7. The van der Waals surface area contributed by atoms with Gasteiger partial charge in [0.25, 0.3) is 5.91 Å². The van der Waals surface area contributed by atoms with Crippen molar-refractivity contribution in [2.75, 3.05) is 26.3 Å². The number of carbonyl (C=O) groups excluding carboxylic acids is 3. The third kappa shape index (κ3) is 3.40. The number of hydrogen-bond donors (Lipinski definition) is 0. The molecule has 2 amide bonds. The highest BCUT2D eigenvalue weighted by Crippen LogP contribution is 2.26. The van der Waals surface area contributed by atoms with Crippen LogP contribution in [0.15, 0.2) is 10.5 Å². The van der Waals surface area contributed by atoms with Gasteiger partial charge in [-0.1, -0.05) is 0 Å². The van der Waals surface area contributed by atoms with Gasteiger partial charge in [-0.05, 0) is 39.7 Å². The first-order chi connectivity index (χ1) is 12.4. The standard InChI is InChI=1S/C18H24N2O6/c1-4-24-17(22)15-10-25-18(23)20(15)13-5-7-19(8-6-13)16(21)14-9-11(2)26-12(14)3/h9,13,15H,4-8,10H2,1-3H3. The molecule has 142 valence electrons. The van der Waals surface area contributed by atoms with E-state index in [4.69, 9.17) is 13.9 Å². The lowest BCUT2D eigenvalue weighted by Crippen LogP contribution is -2.52. The fraction of sp³-hybridized carbons (Fsp3) is 0.611. The molecule has 1 aromatic heterocycles. The lowest BCUT2D eigenvalue weighted by atomic mass is 10.0. The predicted octanol–water partition coefficient (Wildman–Crippen LogP) is 1.88. The van der Waals surface area contributed by atoms with Gasteiger partial charge in [-0.25, -0.2) is 9.59 Å². The van der Waals surface area contributed by atoms with E-state index in [1.807, 2.05) is 6.92 Å². The van der Waals surface area contributed by atoms with Crippen LogP contribution in [0.1, 0.15) is 41.6 Å². The first-order valence-electron chi connectivity index (χ1n) is 8.90. The topological polar surface area (TPSA) is 89.3 Å². The number of rotatable bonds is 4. The number of likely N-dealkylation sites (tertiary alicyclic amines) is 1. The third-order valence-corrected chi connectivity index (χ3v) is 4.89. The Morgan fingerprint density at radius 1 is 1.27 bits per heavy atom. The molecule has 8 nitrogen and oxygen atoms in total. The normalized spacial score (nSPS) is 21.0. The van der Waals surface area contributed by atoms with E-state index in [1.54, 1.807) is 24.8 Å². The van der Waals surface area contributed by atoms with Crippen LogP contribution in [0.3, 0.4) is 0 Å². The van der Waals surface area contributed by atoms with E-state index in [2.05, 4.69) is 0 Å². The highest BCUT2D eigenvalue weighted by Gasteiger charge is 2.44. The molecule has 0 aliphatic carbocycles. The molecule has 2 aliphatic rings. The first kappa shape index (κ1) is 18.3. The van der Waals surface area contributed by atoms with Gasteiger partial charge in [-0.3, -0.25) is 9.69 Å². The number of aryl methyl sites for hydroxylation is 2. The highest BCUT2D eigenvalue weighted by atomic mass is 16.6. The second-order valence-electron chi connectivity index (χ2n) is 6.60. The number of ether oxygens (including phenoxy) is 2. The van der Waals surface area contributed by atoms with Crippen molar-refractivity contribution in [1.29, 1.82) is 0 Å². The van der Waals surface area contributed by atoms with E-state index in [1.165, 1.54) is 4.90 Å². The van der Waals surface area contributed by atoms with Gasteiger partial charge >= 0.3 is 12.1 Å². The van der Waals surface area contributed by atoms with Crippen LogP contribution in [0.5, 0.6) is 0 Å². The van der Waals surface area contributed by atoms with Crippen LogP contribution in [0.2, 0.25) is 0 Å². The average molecular weight is 364 g/mol. The van der Waals surface area contributed by atoms with Gasteiger partial charge in [-0.2, -0.15) is 0 Å². The molecule has 1 atom stereocenters. The van der Waals surface area contributed by atoms with Crippen LogP contribution in [0.25, 0.3) is 0 Å². The summed E-state index contributed by atoms with van der Waals surface area (Å²) in [5.74, 6) is 0.808. The number of furan rings is 1. The van der Waals surface area contributed by atoms with Gasteiger partial charge in [0.05, 0.1) is 12.2 Å². The summed E-state index contributed by atoms with van der Waals surface area (Å²) >= 11 is 0. The molecular weight excluding hydrogens is 340 g/mol. The molecule has 0 saturated carbocycles. The van der Waals surface area contributed by atoms with Gasteiger partial charge in [0.2, 0.25) is 0 Å². The number of amides is 2. The third-order valence-electron chi connectivity index (χ3n) is 4.89. The molecule has 2 aliphatic heterocycles. The van der Waals surface area contributed by atoms with Crippen LogP contribution in [0, 0.1) is 13.8 Å². The zero-order valence-electron chi connectivity index (χ0n) is 15.3. The van der Waals surface area contributed by atoms with Gasteiger partial charge in [0.15, 0.2) is 6.04 Å². The van der Waals surface area contributed by atoms with Crippen molar-refractivity contribution in [3.63, 3.8) is 0 Å². The van der Waals surface area contributed by atoms with Crippen molar-refractivity contribution in [2.24, 2.45) is 0 Å². The molecule has 0 radical (unpaired) electrons. The van der Waals surface area contributed by atoms with Crippen molar-refractivity contribution in [3.05, 3.63) is 23.2 Å². The fourth-order valence-corrected chi connectivity index (χ4v) is 3.62. The van der Waals surface area contributed by atoms with Crippen LogP contribution in [-0.4, -0.2) is 66.2 Å². The van der Waals surface area contributed by atoms with Crippen LogP contribution >= 0.6 is 0 Å². The number of carbonyl (C=O) groups is 3. The highest BCUT2D eigenvalue weighted by molar-refractivity contribution is 5.95. The Balaban J connectivity index is 1.64. The molecule has 1 aromatic rings. The van der Waals surface area contributed by atoms with Crippen molar-refractivity contribution in [3.8, 4) is 0 Å². The Hall–Kier alpha value is -2.51. The Kier molecular flexibility index (Phi) is 5.20. The second kappa shape index (κ2) is 7.39. The molecule has 2 fully saturated rings. The quantitative estimate of drug-likeness (QED) is 0.758. The molecular formula is C18H24N2O6. The summed E-state index contributed by atoms with van der Waals surface area (Å²) in [6.07, 6.45) is 0.688. The van der Waals surface area contributed by atoms with E-state index >= 15 is 0 Å². The predicted molar refractivity (Wildman–Crippen MR) is 90.7 cm³/mol. The minimum absolute atomic E-state index is 0.0182. The molecule has 3 heterocycles. The smallest absolute Gasteiger partial charge is 0.410 e. The summed E-state index contributed by atoms with van der Waals surface area (Å²) in [6.45, 7) is 6.60. The molecule has 0 spiro atoms. The fourth-order valence-electron chi connectivity index (χ4n) is 3.62. The minimum atomic E-state index is -0.700. The first-order valence-corrected chi connectivity index (χ1v) is 8.90. The largest absolute Gasteiger partial charge is 0.466 e. The minimum Gasteiger partial charge on any atom is -0.466 e. The van der Waals surface area contributed by atoms with Crippen LogP contribution in [-0.2, 0) is 14.3 Å². The monoisotopic (exact) mass is 364 g/mol. The number of cyclic esters (lactones) is 1. The van der Waals surface area contributed by atoms with E-state index in [-0.39, 0.29) is 25.2 Å². The Morgan fingerprint density at radius 3 is 2.54 bits per heavy atom. The van der Waals surface area contributed by atoms with Crippen molar-refractivity contribution in [1.82, 2.24) is 9.80 Å². The van der Waals surface area contributed by atoms with Gasteiger partial charge in [0, 0.05) is 19.1 Å². The van der Waals surface area contributed by atoms with Crippen molar-refractivity contribution in [2.45, 2.75) is 45.7 Å². The molecule has 0 bridgehead atoms. The van der Waals surface area contributed by atoms with Gasteiger partial charge in [0.1, 0.15) is 18.1 Å². The molecule has 8 heteroatoms. The molecule has 2 saturated heterocycles. The number of esters is 1. The summed E-state index contributed by atoms with van der Waals surface area (Å²) in [6, 6.07) is 0.905. The lowest BCUT2D eigenvalue weighted by molar-refractivity contribution is -0.148.